The second kappa shape index (κ2) is 7.32. The minimum Gasteiger partial charge on any atom is -0.313 e. The first kappa shape index (κ1) is 12.1. The molecule has 1 N–H and O–H groups in total. The SMILES string of the molecule is CCNC(CCc1cccs1)CSC. The summed E-state index contributed by atoms with van der Waals surface area (Å²) in [5, 5.41) is 5.69. The standard InChI is InChI=1S/C11H19NS2/c1-3-12-10(9-13-2)6-7-11-5-4-8-14-11/h4-5,8,10,12H,3,6-7,9H2,1-2H3. The van der Waals surface area contributed by atoms with Gasteiger partial charge in [0.15, 0.2) is 0 Å². The first-order chi connectivity index (χ1) is 6.86. The van der Waals surface area contributed by atoms with Crippen molar-refractivity contribution in [3.8, 4) is 0 Å². The summed E-state index contributed by atoms with van der Waals surface area (Å²) in [5.41, 5.74) is 0. The van der Waals surface area contributed by atoms with E-state index in [1.165, 1.54) is 23.5 Å². The Kier molecular flexibility index (Phi) is 6.32. The molecule has 80 valence electrons. The maximum Gasteiger partial charge on any atom is 0.0161 e. The van der Waals surface area contributed by atoms with Crippen molar-refractivity contribution in [2.24, 2.45) is 0 Å². The first-order valence-corrected chi connectivity index (χ1v) is 7.38. The number of thiophene rings is 1. The number of rotatable bonds is 7. The molecule has 0 aromatic carbocycles. The van der Waals surface area contributed by atoms with Gasteiger partial charge in [-0.15, -0.1) is 11.3 Å². The van der Waals surface area contributed by atoms with E-state index in [0.29, 0.717) is 6.04 Å². The predicted octanol–water partition coefficient (Wildman–Crippen LogP) is 3.02. The van der Waals surface area contributed by atoms with Crippen LogP contribution in [0.4, 0.5) is 0 Å². The highest BCUT2D eigenvalue weighted by Gasteiger charge is 2.06. The summed E-state index contributed by atoms with van der Waals surface area (Å²) in [7, 11) is 0. The van der Waals surface area contributed by atoms with Crippen LogP contribution in [0.15, 0.2) is 17.5 Å². The fraction of sp³-hybridized carbons (Fsp3) is 0.636. The fourth-order valence-electron chi connectivity index (χ4n) is 1.51. The molecule has 0 spiro atoms. The van der Waals surface area contributed by atoms with E-state index in [4.69, 9.17) is 0 Å². The molecule has 0 fully saturated rings. The van der Waals surface area contributed by atoms with Crippen molar-refractivity contribution >= 4 is 23.1 Å². The first-order valence-electron chi connectivity index (χ1n) is 5.11. The van der Waals surface area contributed by atoms with Gasteiger partial charge in [0.2, 0.25) is 0 Å². The molecule has 0 radical (unpaired) electrons. The van der Waals surface area contributed by atoms with E-state index in [9.17, 15) is 0 Å². The molecule has 0 saturated carbocycles. The maximum atomic E-state index is 3.53. The van der Waals surface area contributed by atoms with Crippen LogP contribution in [0.5, 0.6) is 0 Å². The molecule has 0 saturated heterocycles. The van der Waals surface area contributed by atoms with Gasteiger partial charge in [0, 0.05) is 16.7 Å². The molecule has 1 unspecified atom stereocenters. The van der Waals surface area contributed by atoms with Gasteiger partial charge in [0.05, 0.1) is 0 Å². The number of thioether (sulfide) groups is 1. The third-order valence-corrected chi connectivity index (χ3v) is 3.85. The zero-order valence-electron chi connectivity index (χ0n) is 8.95. The molecule has 1 aromatic rings. The van der Waals surface area contributed by atoms with Gasteiger partial charge in [-0.1, -0.05) is 13.0 Å². The van der Waals surface area contributed by atoms with Crippen LogP contribution in [0.2, 0.25) is 0 Å². The molecule has 0 amide bonds. The largest absolute Gasteiger partial charge is 0.313 e. The summed E-state index contributed by atoms with van der Waals surface area (Å²) in [6.07, 6.45) is 4.65. The van der Waals surface area contributed by atoms with Crippen molar-refractivity contribution < 1.29 is 0 Å². The summed E-state index contributed by atoms with van der Waals surface area (Å²) in [6, 6.07) is 5.04. The van der Waals surface area contributed by atoms with Crippen LogP contribution in [0.1, 0.15) is 18.2 Å². The van der Waals surface area contributed by atoms with Gasteiger partial charge >= 0.3 is 0 Å². The predicted molar refractivity (Wildman–Crippen MR) is 68.5 cm³/mol. The number of aryl methyl sites for hydroxylation is 1. The van der Waals surface area contributed by atoms with Crippen molar-refractivity contribution in [3.63, 3.8) is 0 Å². The zero-order chi connectivity index (χ0) is 10.2. The summed E-state index contributed by atoms with van der Waals surface area (Å²) in [6.45, 7) is 3.26. The van der Waals surface area contributed by atoms with Gasteiger partial charge in [-0.2, -0.15) is 11.8 Å². The summed E-state index contributed by atoms with van der Waals surface area (Å²) >= 11 is 3.79. The number of nitrogens with one attached hydrogen (secondary N) is 1. The van der Waals surface area contributed by atoms with Gasteiger partial charge in [0.1, 0.15) is 0 Å². The summed E-state index contributed by atoms with van der Waals surface area (Å²) in [5.74, 6) is 1.22. The summed E-state index contributed by atoms with van der Waals surface area (Å²) < 4.78 is 0. The van der Waals surface area contributed by atoms with E-state index in [1.807, 2.05) is 23.1 Å². The molecular formula is C11H19NS2. The van der Waals surface area contributed by atoms with Gasteiger partial charge in [0.25, 0.3) is 0 Å². The van der Waals surface area contributed by atoms with E-state index in [-0.39, 0.29) is 0 Å². The smallest absolute Gasteiger partial charge is 0.0161 e. The lowest BCUT2D eigenvalue weighted by molar-refractivity contribution is 0.539. The Balaban J connectivity index is 2.25. The van der Waals surface area contributed by atoms with Crippen LogP contribution < -0.4 is 5.32 Å². The molecule has 0 aliphatic heterocycles. The molecule has 0 aliphatic carbocycles. The molecule has 1 nitrogen and oxygen atoms in total. The van der Waals surface area contributed by atoms with Gasteiger partial charge in [-0.05, 0) is 37.1 Å². The van der Waals surface area contributed by atoms with Crippen LogP contribution in [-0.4, -0.2) is 24.6 Å². The average molecular weight is 229 g/mol. The highest BCUT2D eigenvalue weighted by molar-refractivity contribution is 7.98. The second-order valence-corrected chi connectivity index (χ2v) is 5.27. The molecular weight excluding hydrogens is 210 g/mol. The molecule has 1 heterocycles. The second-order valence-electron chi connectivity index (χ2n) is 3.33. The normalized spacial score (nSPS) is 13.0. The number of hydrogen-bond donors (Lipinski definition) is 1. The van der Waals surface area contributed by atoms with Crippen LogP contribution in [-0.2, 0) is 6.42 Å². The Morgan fingerprint density at radius 2 is 2.43 bits per heavy atom. The Bertz CT molecular complexity index is 215. The molecule has 0 aliphatic rings. The van der Waals surface area contributed by atoms with Crippen molar-refractivity contribution in [2.75, 3.05) is 18.6 Å². The highest BCUT2D eigenvalue weighted by Crippen LogP contribution is 2.13. The molecule has 0 bridgehead atoms. The third kappa shape index (κ3) is 4.49. The van der Waals surface area contributed by atoms with E-state index in [1.54, 1.807) is 0 Å². The summed E-state index contributed by atoms with van der Waals surface area (Å²) in [4.78, 5) is 1.51. The van der Waals surface area contributed by atoms with Crippen molar-refractivity contribution in [1.82, 2.24) is 5.32 Å². The fourth-order valence-corrected chi connectivity index (χ4v) is 2.92. The van der Waals surface area contributed by atoms with Crippen LogP contribution >= 0.6 is 23.1 Å². The van der Waals surface area contributed by atoms with Crippen molar-refractivity contribution in [1.29, 1.82) is 0 Å². The van der Waals surface area contributed by atoms with Gasteiger partial charge < -0.3 is 5.32 Å². The Hall–Kier alpha value is 0.01000. The third-order valence-electron chi connectivity index (χ3n) is 2.18. The maximum absolute atomic E-state index is 3.53. The topological polar surface area (TPSA) is 12.0 Å². The van der Waals surface area contributed by atoms with Crippen molar-refractivity contribution in [2.45, 2.75) is 25.8 Å². The average Bonchev–Trinajstić information content (AvgIpc) is 2.67. The Morgan fingerprint density at radius 3 is 3.00 bits per heavy atom. The number of hydrogen-bond acceptors (Lipinski definition) is 3. The van der Waals surface area contributed by atoms with E-state index in [0.717, 1.165) is 6.54 Å². The van der Waals surface area contributed by atoms with Crippen LogP contribution in [0, 0.1) is 0 Å². The lowest BCUT2D eigenvalue weighted by Crippen LogP contribution is -2.31. The molecule has 1 aromatic heterocycles. The van der Waals surface area contributed by atoms with Crippen LogP contribution in [0.3, 0.4) is 0 Å². The van der Waals surface area contributed by atoms with E-state index in [2.05, 4.69) is 36.0 Å². The van der Waals surface area contributed by atoms with Crippen molar-refractivity contribution in [3.05, 3.63) is 22.4 Å². The Labute approximate surface area is 95.3 Å². The highest BCUT2D eigenvalue weighted by atomic mass is 32.2. The molecule has 3 heteroatoms. The quantitative estimate of drug-likeness (QED) is 0.771. The minimum atomic E-state index is 0.678. The Morgan fingerprint density at radius 1 is 1.57 bits per heavy atom. The molecule has 1 rings (SSSR count). The molecule has 14 heavy (non-hydrogen) atoms. The zero-order valence-corrected chi connectivity index (χ0v) is 10.6. The minimum absolute atomic E-state index is 0.678. The van der Waals surface area contributed by atoms with E-state index < -0.39 is 0 Å². The monoisotopic (exact) mass is 229 g/mol. The van der Waals surface area contributed by atoms with E-state index >= 15 is 0 Å². The van der Waals surface area contributed by atoms with Gasteiger partial charge in [-0.25, -0.2) is 0 Å². The lowest BCUT2D eigenvalue weighted by atomic mass is 10.1. The lowest BCUT2D eigenvalue weighted by Gasteiger charge is -2.15. The van der Waals surface area contributed by atoms with Gasteiger partial charge in [-0.3, -0.25) is 0 Å². The molecule has 1 atom stereocenters. The van der Waals surface area contributed by atoms with Crippen LogP contribution in [0.25, 0.3) is 0 Å².